The van der Waals surface area contributed by atoms with Gasteiger partial charge in [-0.2, -0.15) is 8.42 Å². The second-order valence-electron chi connectivity index (χ2n) is 6.41. The van der Waals surface area contributed by atoms with Gasteiger partial charge in [-0.15, -0.1) is 0 Å². The predicted molar refractivity (Wildman–Crippen MR) is 111 cm³/mol. The van der Waals surface area contributed by atoms with Gasteiger partial charge in [0.05, 0.1) is 26.1 Å². The predicted octanol–water partition coefficient (Wildman–Crippen LogP) is 1.85. The van der Waals surface area contributed by atoms with E-state index >= 15 is 0 Å². The summed E-state index contributed by atoms with van der Waals surface area (Å²) in [6, 6.07) is 0. The fourth-order valence-corrected chi connectivity index (χ4v) is 2.03. The molecule has 0 aromatic heterocycles. The van der Waals surface area contributed by atoms with Gasteiger partial charge in [-0.05, 0) is 52.4 Å². The van der Waals surface area contributed by atoms with Crippen LogP contribution in [0, 0.1) is 0 Å². The summed E-state index contributed by atoms with van der Waals surface area (Å²) in [6.45, 7) is 3.76. The number of unbranched alkanes of at least 4 members (excludes halogenated alkanes) is 4. The van der Waals surface area contributed by atoms with Crippen molar-refractivity contribution in [2.75, 3.05) is 13.2 Å². The van der Waals surface area contributed by atoms with Crippen molar-refractivity contribution in [3.63, 3.8) is 0 Å². The molecule has 12 heteroatoms. The first kappa shape index (κ1) is 33.8. The third-order valence-corrected chi connectivity index (χ3v) is 3.41. The van der Waals surface area contributed by atoms with Crippen molar-refractivity contribution in [3.05, 3.63) is 0 Å². The van der Waals surface area contributed by atoms with E-state index in [4.69, 9.17) is 27.0 Å². The summed E-state index contributed by atoms with van der Waals surface area (Å²) >= 11 is 0. The molecule has 0 saturated carbocycles. The van der Waals surface area contributed by atoms with Gasteiger partial charge in [0.15, 0.2) is 0 Å². The van der Waals surface area contributed by atoms with Crippen molar-refractivity contribution in [3.8, 4) is 0 Å². The van der Waals surface area contributed by atoms with Crippen LogP contribution in [0.5, 0.6) is 0 Å². The van der Waals surface area contributed by atoms with E-state index < -0.39 is 22.3 Å². The van der Waals surface area contributed by atoms with Crippen LogP contribution in [0.25, 0.3) is 0 Å². The fraction of sp³-hybridized carbons (Fsp3) is 0.778. The van der Waals surface area contributed by atoms with Crippen molar-refractivity contribution in [2.45, 2.75) is 78.1 Å². The molecule has 0 rings (SSSR count). The Balaban J connectivity index is -0.00000108. The van der Waals surface area contributed by atoms with E-state index in [1.165, 1.54) is 0 Å². The Labute approximate surface area is 200 Å². The number of esters is 2. The molecule has 0 radical (unpaired) electrons. The van der Waals surface area contributed by atoms with Crippen molar-refractivity contribution >= 4 is 63.5 Å². The van der Waals surface area contributed by atoms with E-state index in [-0.39, 0.29) is 54.0 Å². The summed E-state index contributed by atoms with van der Waals surface area (Å²) in [5.41, 5.74) is 0. The Morgan fingerprint density at radius 2 is 0.933 bits per heavy atom. The van der Waals surface area contributed by atoms with Gasteiger partial charge in [0.2, 0.25) is 0 Å². The number of hydrogen-bond acceptors (Lipinski definition) is 8. The first-order chi connectivity index (χ1) is 13.4. The molecule has 0 atom stereocenters. The van der Waals surface area contributed by atoms with Crippen LogP contribution in [0.3, 0.4) is 0 Å². The number of ketones is 2. The third kappa shape index (κ3) is 37.8. The first-order valence-electron chi connectivity index (χ1n) is 9.41. The molecule has 2 N–H and O–H groups in total. The van der Waals surface area contributed by atoms with Crippen molar-refractivity contribution < 1.29 is 46.2 Å². The molecule has 30 heavy (non-hydrogen) atoms. The van der Waals surface area contributed by atoms with Gasteiger partial charge in [-0.1, -0.05) is 0 Å². The summed E-state index contributed by atoms with van der Waals surface area (Å²) in [5, 5.41) is 0. The van der Waals surface area contributed by atoms with Crippen molar-refractivity contribution in [2.24, 2.45) is 0 Å². The molecule has 0 aliphatic carbocycles. The molecular weight excluding hydrogens is 431 g/mol. The molecule has 0 heterocycles. The van der Waals surface area contributed by atoms with Crippen LogP contribution in [0.4, 0.5) is 0 Å². The molecule has 0 aliphatic rings. The molecule has 0 aromatic carbocycles. The van der Waals surface area contributed by atoms with Gasteiger partial charge >= 0.3 is 51.9 Å². The van der Waals surface area contributed by atoms with Crippen molar-refractivity contribution in [1.29, 1.82) is 0 Å². The zero-order valence-electron chi connectivity index (χ0n) is 17.1. The average molecular weight is 465 g/mol. The molecule has 0 aromatic rings. The molecule has 10 nitrogen and oxygen atoms in total. The Bertz CT molecular complexity index is 558. The van der Waals surface area contributed by atoms with Gasteiger partial charge in [-0.3, -0.25) is 18.7 Å². The van der Waals surface area contributed by atoms with E-state index in [1.54, 1.807) is 13.8 Å². The van der Waals surface area contributed by atoms with Gasteiger partial charge in [-0.25, -0.2) is 0 Å². The number of rotatable bonds is 15. The third-order valence-electron chi connectivity index (χ3n) is 3.41. The first-order valence-corrected chi connectivity index (χ1v) is 10.8. The molecule has 0 bridgehead atoms. The van der Waals surface area contributed by atoms with E-state index in [0.29, 0.717) is 26.1 Å². The number of hydrogen-bond donors (Lipinski definition) is 2. The summed E-state index contributed by atoms with van der Waals surface area (Å²) in [6.07, 6.45) is 5.94. The van der Waals surface area contributed by atoms with Crippen LogP contribution in [0.2, 0.25) is 0 Å². The van der Waals surface area contributed by atoms with Gasteiger partial charge < -0.3 is 19.1 Å². The van der Waals surface area contributed by atoms with Crippen LogP contribution in [-0.2, 0) is 39.1 Å². The quantitative estimate of drug-likeness (QED) is 0.158. The molecule has 0 amide bonds. The normalized spacial score (nSPS) is 10.1. The molecule has 0 spiro atoms. The molecule has 0 fully saturated rings. The Kier molecular flexibility index (Phi) is 24.1. The second-order valence-corrected chi connectivity index (χ2v) is 7.31. The maximum atomic E-state index is 11.5. The maximum absolute atomic E-state index is 11.5. The zero-order valence-corrected chi connectivity index (χ0v) is 17.9. The number of carbonyl (C=O) groups excluding carboxylic acids is 4. The topological polar surface area (TPSA) is 161 Å². The summed E-state index contributed by atoms with van der Waals surface area (Å²) < 4.78 is 41.6. The van der Waals surface area contributed by atoms with Gasteiger partial charge in [0.1, 0.15) is 11.6 Å². The monoisotopic (exact) mass is 464 g/mol. The van der Waals surface area contributed by atoms with E-state index in [0.717, 1.165) is 38.5 Å². The second kappa shape index (κ2) is 21.4. The van der Waals surface area contributed by atoms with E-state index in [2.05, 4.69) is 0 Å². The summed E-state index contributed by atoms with van der Waals surface area (Å²) in [7, 11) is -4.67. The molecule has 0 aliphatic heterocycles. The SMILES string of the molecule is CC(=O)CCCCCOC(=O)CCC(=O)OCCCCCC(C)=O.O=S(=O)(O)O.[NaH]. The molecule has 172 valence electrons. The minimum absolute atomic E-state index is 0. The standard InChI is InChI=1S/C18H30O6.Na.H2O4S.H/c1-15(19)9-5-3-7-13-23-17(21)11-12-18(22)24-14-8-4-6-10-16(2)20;;1-5(2,3)4;/h3-14H2,1-2H3;;(H2,1,2,3,4);. The Morgan fingerprint density at radius 3 is 1.20 bits per heavy atom. The molecular formula is C18H33NaO10S. The van der Waals surface area contributed by atoms with Crippen LogP contribution >= 0.6 is 0 Å². The Morgan fingerprint density at radius 1 is 0.633 bits per heavy atom. The van der Waals surface area contributed by atoms with Gasteiger partial charge in [0, 0.05) is 12.8 Å². The molecule has 0 unspecified atom stereocenters. The fourth-order valence-electron chi connectivity index (χ4n) is 2.03. The van der Waals surface area contributed by atoms with Crippen LogP contribution in [0.15, 0.2) is 0 Å². The number of ether oxygens (including phenoxy) is 2. The van der Waals surface area contributed by atoms with E-state index in [9.17, 15) is 19.2 Å². The van der Waals surface area contributed by atoms with Gasteiger partial charge in [0.25, 0.3) is 0 Å². The van der Waals surface area contributed by atoms with Crippen molar-refractivity contribution in [1.82, 2.24) is 0 Å². The van der Waals surface area contributed by atoms with Crippen LogP contribution in [-0.4, -0.2) is 83.8 Å². The summed E-state index contributed by atoms with van der Waals surface area (Å²) in [5.74, 6) is -0.464. The summed E-state index contributed by atoms with van der Waals surface area (Å²) in [4.78, 5) is 44.4. The van der Waals surface area contributed by atoms with Crippen LogP contribution in [0.1, 0.15) is 78.1 Å². The van der Waals surface area contributed by atoms with E-state index in [1.807, 2.05) is 0 Å². The average Bonchev–Trinajstić information content (AvgIpc) is 2.57. The zero-order chi connectivity index (χ0) is 22.7. The minimum atomic E-state index is -4.67. The molecule has 0 saturated heterocycles. The van der Waals surface area contributed by atoms with Crippen LogP contribution < -0.4 is 0 Å². The Hall–Kier alpha value is -0.850. The number of Topliss-reactive ketones (excluding diaryl/α,β-unsaturated/α-hetero) is 2. The number of carbonyl (C=O) groups is 4.